The highest BCUT2D eigenvalue weighted by atomic mass is 16.4. The molecule has 2 heterocycles. The van der Waals surface area contributed by atoms with E-state index in [0.717, 1.165) is 0 Å². The minimum Gasteiger partial charge on any atom is -0.478 e. The van der Waals surface area contributed by atoms with Gasteiger partial charge in [-0.05, 0) is 45.0 Å². The molecule has 22 heavy (non-hydrogen) atoms. The normalized spacial score (nSPS) is 10.7. The fourth-order valence-electron chi connectivity index (χ4n) is 2.11. The number of carbonyl (C=O) groups is 2. The maximum Gasteiger partial charge on any atom is 0.337 e. The Labute approximate surface area is 128 Å². The van der Waals surface area contributed by atoms with E-state index in [2.05, 4.69) is 4.98 Å². The van der Waals surface area contributed by atoms with Gasteiger partial charge < -0.3 is 14.4 Å². The van der Waals surface area contributed by atoms with Crippen molar-refractivity contribution in [2.24, 2.45) is 0 Å². The fourth-order valence-corrected chi connectivity index (χ4v) is 2.11. The van der Waals surface area contributed by atoms with E-state index in [4.69, 9.17) is 9.52 Å². The maximum absolute atomic E-state index is 12.6. The van der Waals surface area contributed by atoms with Gasteiger partial charge in [0.05, 0.1) is 24.1 Å². The number of nitrogens with zero attached hydrogens (tertiary/aromatic N) is 2. The first-order valence-corrected chi connectivity index (χ1v) is 6.94. The largest absolute Gasteiger partial charge is 0.478 e. The molecule has 0 radical (unpaired) electrons. The lowest BCUT2D eigenvalue weighted by atomic mass is 10.1. The maximum atomic E-state index is 12.6. The van der Waals surface area contributed by atoms with Gasteiger partial charge in [-0.25, -0.2) is 9.78 Å². The number of hydrogen-bond acceptors (Lipinski definition) is 4. The van der Waals surface area contributed by atoms with Crippen LogP contribution in [0, 0.1) is 6.92 Å². The molecular formula is C16H18N2O4. The monoisotopic (exact) mass is 302 g/mol. The van der Waals surface area contributed by atoms with Gasteiger partial charge in [0.2, 0.25) is 0 Å². The molecule has 1 N–H and O–H groups in total. The van der Waals surface area contributed by atoms with E-state index in [1.807, 2.05) is 13.8 Å². The molecule has 0 aliphatic rings. The lowest BCUT2D eigenvalue weighted by Crippen LogP contribution is -2.36. The van der Waals surface area contributed by atoms with Crippen LogP contribution in [0.4, 0.5) is 0 Å². The van der Waals surface area contributed by atoms with Gasteiger partial charge in [0.15, 0.2) is 0 Å². The Kier molecular flexibility index (Phi) is 4.60. The molecule has 0 aromatic carbocycles. The molecular weight excluding hydrogens is 284 g/mol. The number of carboxylic acid groups (broad SMARTS) is 1. The summed E-state index contributed by atoms with van der Waals surface area (Å²) in [6.07, 6.45) is 1.56. The third kappa shape index (κ3) is 3.33. The van der Waals surface area contributed by atoms with Gasteiger partial charge in [0.25, 0.3) is 5.91 Å². The van der Waals surface area contributed by atoms with Crippen molar-refractivity contribution in [1.29, 1.82) is 0 Å². The van der Waals surface area contributed by atoms with E-state index >= 15 is 0 Å². The molecule has 0 bridgehead atoms. The summed E-state index contributed by atoms with van der Waals surface area (Å²) in [6.45, 7) is 5.72. The molecule has 6 heteroatoms. The van der Waals surface area contributed by atoms with Crippen molar-refractivity contribution in [2.45, 2.75) is 33.4 Å². The summed E-state index contributed by atoms with van der Waals surface area (Å²) < 4.78 is 5.28. The van der Waals surface area contributed by atoms with Crippen molar-refractivity contribution in [3.63, 3.8) is 0 Å². The van der Waals surface area contributed by atoms with Gasteiger partial charge in [-0.2, -0.15) is 0 Å². The van der Waals surface area contributed by atoms with Crippen LogP contribution in [-0.4, -0.2) is 32.9 Å². The Balaban J connectivity index is 2.27. The van der Waals surface area contributed by atoms with Crippen LogP contribution in [0.2, 0.25) is 0 Å². The van der Waals surface area contributed by atoms with Crippen LogP contribution in [0.1, 0.15) is 46.1 Å². The molecule has 0 saturated heterocycles. The number of rotatable bonds is 5. The molecule has 0 spiro atoms. The number of aromatic nitrogens is 1. The molecule has 116 valence electrons. The zero-order valence-corrected chi connectivity index (χ0v) is 12.7. The molecule has 0 saturated carbocycles. The number of aromatic carboxylic acids is 1. The Morgan fingerprint density at radius 2 is 2.05 bits per heavy atom. The van der Waals surface area contributed by atoms with Gasteiger partial charge in [0, 0.05) is 6.04 Å². The summed E-state index contributed by atoms with van der Waals surface area (Å²) in [5.74, 6) is -0.632. The van der Waals surface area contributed by atoms with Crippen LogP contribution >= 0.6 is 0 Å². The third-order valence-electron chi connectivity index (χ3n) is 3.33. The number of amides is 1. The van der Waals surface area contributed by atoms with E-state index in [9.17, 15) is 9.59 Å². The predicted octanol–water partition coefficient (Wildman–Crippen LogP) is 2.73. The number of carbonyl (C=O) groups excluding carboxylic acids is 1. The summed E-state index contributed by atoms with van der Waals surface area (Å²) in [4.78, 5) is 29.4. The minimum absolute atomic E-state index is 0.0427. The summed E-state index contributed by atoms with van der Waals surface area (Å²) in [7, 11) is 0. The van der Waals surface area contributed by atoms with Crippen molar-refractivity contribution in [2.75, 3.05) is 0 Å². The van der Waals surface area contributed by atoms with Crippen LogP contribution in [0.25, 0.3) is 0 Å². The molecule has 1 amide bonds. The molecule has 2 aromatic heterocycles. The van der Waals surface area contributed by atoms with Crippen LogP contribution in [0.5, 0.6) is 0 Å². The minimum atomic E-state index is -1.06. The zero-order valence-electron chi connectivity index (χ0n) is 12.7. The molecule has 2 aromatic rings. The van der Waals surface area contributed by atoms with Crippen molar-refractivity contribution in [3.05, 3.63) is 53.2 Å². The van der Waals surface area contributed by atoms with E-state index in [0.29, 0.717) is 18.0 Å². The third-order valence-corrected chi connectivity index (χ3v) is 3.33. The SMILES string of the molecule is Cc1nc(C(=O)N(Cc2ccco2)C(C)C)ccc1C(=O)O. The van der Waals surface area contributed by atoms with Crippen LogP contribution in [-0.2, 0) is 6.54 Å². The number of aryl methyl sites for hydroxylation is 1. The molecule has 6 nitrogen and oxygen atoms in total. The number of hydrogen-bond donors (Lipinski definition) is 1. The molecule has 0 atom stereocenters. The van der Waals surface area contributed by atoms with Gasteiger partial charge in [0.1, 0.15) is 11.5 Å². The predicted molar refractivity (Wildman–Crippen MR) is 79.7 cm³/mol. The van der Waals surface area contributed by atoms with Crippen molar-refractivity contribution < 1.29 is 19.1 Å². The van der Waals surface area contributed by atoms with Crippen molar-refractivity contribution in [1.82, 2.24) is 9.88 Å². The number of carboxylic acids is 1. The first-order valence-electron chi connectivity index (χ1n) is 6.94. The molecule has 0 aliphatic carbocycles. The first kappa shape index (κ1) is 15.8. The van der Waals surface area contributed by atoms with E-state index in [1.54, 1.807) is 30.2 Å². The first-order chi connectivity index (χ1) is 10.4. The summed E-state index contributed by atoms with van der Waals surface area (Å²) in [5, 5.41) is 9.02. The molecule has 0 fully saturated rings. The summed E-state index contributed by atoms with van der Waals surface area (Å²) >= 11 is 0. The van der Waals surface area contributed by atoms with Crippen molar-refractivity contribution in [3.8, 4) is 0 Å². The quantitative estimate of drug-likeness (QED) is 0.918. The van der Waals surface area contributed by atoms with Gasteiger partial charge >= 0.3 is 5.97 Å². The highest BCUT2D eigenvalue weighted by molar-refractivity contribution is 5.94. The second kappa shape index (κ2) is 6.43. The fraction of sp³-hybridized carbons (Fsp3) is 0.312. The number of pyridine rings is 1. The van der Waals surface area contributed by atoms with Crippen LogP contribution < -0.4 is 0 Å². The Morgan fingerprint density at radius 3 is 2.55 bits per heavy atom. The zero-order chi connectivity index (χ0) is 16.3. The average Bonchev–Trinajstić information content (AvgIpc) is 2.96. The molecule has 0 unspecified atom stereocenters. The van der Waals surface area contributed by atoms with Gasteiger partial charge in [-0.15, -0.1) is 0 Å². The average molecular weight is 302 g/mol. The lowest BCUT2D eigenvalue weighted by Gasteiger charge is -2.25. The van der Waals surface area contributed by atoms with E-state index in [-0.39, 0.29) is 23.2 Å². The van der Waals surface area contributed by atoms with E-state index in [1.165, 1.54) is 12.1 Å². The number of furan rings is 1. The van der Waals surface area contributed by atoms with Crippen molar-refractivity contribution >= 4 is 11.9 Å². The Morgan fingerprint density at radius 1 is 1.32 bits per heavy atom. The van der Waals surface area contributed by atoms with Crippen LogP contribution in [0.3, 0.4) is 0 Å². The molecule has 0 aliphatic heterocycles. The van der Waals surface area contributed by atoms with E-state index < -0.39 is 5.97 Å². The summed E-state index contributed by atoms with van der Waals surface area (Å²) in [6, 6.07) is 6.37. The molecule has 2 rings (SSSR count). The second-order valence-electron chi connectivity index (χ2n) is 5.24. The van der Waals surface area contributed by atoms with Gasteiger partial charge in [-0.1, -0.05) is 0 Å². The Hall–Kier alpha value is -2.63. The van der Waals surface area contributed by atoms with Gasteiger partial charge in [-0.3, -0.25) is 4.79 Å². The highest BCUT2D eigenvalue weighted by Crippen LogP contribution is 2.14. The lowest BCUT2D eigenvalue weighted by molar-refractivity contribution is 0.0662. The standard InChI is InChI=1S/C16H18N2O4/c1-10(2)18(9-12-5-4-8-22-12)15(19)14-7-6-13(16(20)21)11(3)17-14/h4-8,10H,9H2,1-3H3,(H,20,21). The van der Waals surface area contributed by atoms with Crippen LogP contribution in [0.15, 0.2) is 34.9 Å². The summed E-state index contributed by atoms with van der Waals surface area (Å²) in [5.41, 5.74) is 0.640. The topological polar surface area (TPSA) is 83.6 Å². The highest BCUT2D eigenvalue weighted by Gasteiger charge is 2.22. The smallest absolute Gasteiger partial charge is 0.337 e. The second-order valence-corrected chi connectivity index (χ2v) is 5.24. The Bertz CT molecular complexity index is 677.